The summed E-state index contributed by atoms with van der Waals surface area (Å²) in [7, 11) is 0. The molecule has 2 aromatic carbocycles. The van der Waals surface area contributed by atoms with Crippen molar-refractivity contribution >= 4 is 11.8 Å². The first kappa shape index (κ1) is 16.3. The Morgan fingerprint density at radius 3 is 2.50 bits per heavy atom. The summed E-state index contributed by atoms with van der Waals surface area (Å²) in [6.45, 7) is 0.554. The second-order valence-corrected chi connectivity index (χ2v) is 5.75. The number of para-hydroxylation sites is 2. The summed E-state index contributed by atoms with van der Waals surface area (Å²) in [5.74, 6) is 1.16. The minimum Gasteiger partial charge on any atom is -0.486 e. The average molecular weight is 356 g/mol. The molecular formula is C19H16O7. The number of rotatable bonds is 4. The molecule has 0 N–H and O–H groups in total. The zero-order valence-corrected chi connectivity index (χ0v) is 13.8. The van der Waals surface area contributed by atoms with Gasteiger partial charge in [0, 0.05) is 5.56 Å². The second-order valence-electron chi connectivity index (χ2n) is 5.75. The van der Waals surface area contributed by atoms with Gasteiger partial charge >= 0.3 is 5.97 Å². The van der Waals surface area contributed by atoms with Crippen LogP contribution in [0.1, 0.15) is 10.4 Å². The number of carbonyl (C=O) groups excluding carboxylic acids is 2. The Morgan fingerprint density at radius 1 is 0.923 bits per heavy atom. The molecule has 0 bridgehead atoms. The fraction of sp³-hybridized carbons (Fsp3) is 0.263. The fourth-order valence-electron chi connectivity index (χ4n) is 2.67. The summed E-state index contributed by atoms with van der Waals surface area (Å²) in [6.07, 6.45) is -0.905. The van der Waals surface area contributed by atoms with Gasteiger partial charge in [0.15, 0.2) is 35.4 Å². The SMILES string of the molecule is O=C(COC(=O)[C@@H]1COc2ccccc2O1)c1ccc2c(c1)OCCO2. The van der Waals surface area contributed by atoms with Gasteiger partial charge < -0.3 is 23.7 Å². The molecule has 0 amide bonds. The van der Waals surface area contributed by atoms with Crippen LogP contribution in [0.15, 0.2) is 42.5 Å². The first-order valence-electron chi connectivity index (χ1n) is 8.19. The van der Waals surface area contributed by atoms with Crippen molar-refractivity contribution in [2.45, 2.75) is 6.10 Å². The van der Waals surface area contributed by atoms with Gasteiger partial charge in [-0.25, -0.2) is 4.79 Å². The van der Waals surface area contributed by atoms with Crippen molar-refractivity contribution in [1.29, 1.82) is 0 Å². The maximum Gasteiger partial charge on any atom is 0.351 e. The first-order chi connectivity index (χ1) is 12.7. The number of hydrogen-bond acceptors (Lipinski definition) is 7. The first-order valence-corrected chi connectivity index (χ1v) is 8.19. The Labute approximate surface area is 149 Å². The molecule has 7 heteroatoms. The van der Waals surface area contributed by atoms with E-state index in [9.17, 15) is 9.59 Å². The maximum atomic E-state index is 12.3. The molecule has 4 rings (SSSR count). The largest absolute Gasteiger partial charge is 0.486 e. The van der Waals surface area contributed by atoms with Crippen molar-refractivity contribution in [3.8, 4) is 23.0 Å². The lowest BCUT2D eigenvalue weighted by Crippen LogP contribution is -2.38. The molecule has 26 heavy (non-hydrogen) atoms. The van der Waals surface area contributed by atoms with E-state index >= 15 is 0 Å². The molecule has 0 saturated heterocycles. The van der Waals surface area contributed by atoms with E-state index in [1.165, 1.54) is 0 Å². The highest BCUT2D eigenvalue weighted by Crippen LogP contribution is 2.32. The zero-order chi connectivity index (χ0) is 17.9. The van der Waals surface area contributed by atoms with Crippen molar-refractivity contribution in [1.82, 2.24) is 0 Å². The van der Waals surface area contributed by atoms with E-state index < -0.39 is 12.1 Å². The van der Waals surface area contributed by atoms with Crippen LogP contribution in [0, 0.1) is 0 Å². The summed E-state index contributed by atoms with van der Waals surface area (Å²) >= 11 is 0. The van der Waals surface area contributed by atoms with Gasteiger partial charge in [0.1, 0.15) is 19.8 Å². The molecule has 2 aliphatic heterocycles. The summed E-state index contributed by atoms with van der Waals surface area (Å²) in [4.78, 5) is 24.4. The summed E-state index contributed by atoms with van der Waals surface area (Å²) in [5.41, 5.74) is 0.383. The van der Waals surface area contributed by atoms with Crippen molar-refractivity contribution in [3.63, 3.8) is 0 Å². The van der Waals surface area contributed by atoms with Gasteiger partial charge in [-0.2, -0.15) is 0 Å². The van der Waals surface area contributed by atoms with Crippen LogP contribution in [0.3, 0.4) is 0 Å². The molecule has 134 valence electrons. The molecule has 0 aliphatic carbocycles. The Balaban J connectivity index is 1.35. The molecule has 0 fully saturated rings. The Bertz CT molecular complexity index is 846. The predicted molar refractivity (Wildman–Crippen MR) is 89.1 cm³/mol. The summed E-state index contributed by atoms with van der Waals surface area (Å²) in [5, 5.41) is 0. The van der Waals surface area contributed by atoms with Gasteiger partial charge in [-0.05, 0) is 30.3 Å². The standard InChI is InChI=1S/C19H16O7/c20-13(12-5-6-15-17(9-12)23-8-7-22-15)10-25-19(21)18-11-24-14-3-1-2-4-16(14)26-18/h1-6,9,18H,7-8,10-11H2/t18-/m0/s1. The van der Waals surface area contributed by atoms with E-state index in [1.54, 1.807) is 36.4 Å². The average Bonchev–Trinajstić information content (AvgIpc) is 2.71. The molecule has 2 heterocycles. The van der Waals surface area contributed by atoms with Crippen LogP contribution in [-0.4, -0.2) is 44.3 Å². The maximum absolute atomic E-state index is 12.3. The lowest BCUT2D eigenvalue weighted by atomic mass is 10.1. The fourth-order valence-corrected chi connectivity index (χ4v) is 2.67. The third-order valence-corrected chi connectivity index (χ3v) is 3.98. The predicted octanol–water partition coefficient (Wildman–Crippen LogP) is 2.02. The number of carbonyl (C=O) groups is 2. The van der Waals surface area contributed by atoms with Crippen molar-refractivity contribution < 1.29 is 33.3 Å². The number of hydrogen-bond donors (Lipinski definition) is 0. The molecule has 7 nitrogen and oxygen atoms in total. The van der Waals surface area contributed by atoms with Crippen LogP contribution < -0.4 is 18.9 Å². The minimum atomic E-state index is -0.905. The Hall–Kier alpha value is -3.22. The summed E-state index contributed by atoms with van der Waals surface area (Å²) in [6, 6.07) is 11.9. The zero-order valence-electron chi connectivity index (χ0n) is 13.8. The van der Waals surface area contributed by atoms with E-state index in [1.807, 2.05) is 6.07 Å². The molecule has 1 atom stereocenters. The normalized spacial score (nSPS) is 17.3. The summed E-state index contributed by atoms with van der Waals surface area (Å²) < 4.78 is 27.0. The van der Waals surface area contributed by atoms with Gasteiger partial charge in [0.2, 0.25) is 6.10 Å². The molecule has 0 saturated carbocycles. The number of ether oxygens (including phenoxy) is 5. The van der Waals surface area contributed by atoms with E-state index in [-0.39, 0.29) is 19.0 Å². The number of fused-ring (bicyclic) bond motifs is 2. The van der Waals surface area contributed by atoms with Gasteiger partial charge in [0.05, 0.1) is 0 Å². The van der Waals surface area contributed by atoms with Crippen molar-refractivity contribution in [2.75, 3.05) is 26.4 Å². The lowest BCUT2D eigenvalue weighted by Gasteiger charge is -2.24. The molecule has 0 spiro atoms. The van der Waals surface area contributed by atoms with Gasteiger partial charge in [0.25, 0.3) is 0 Å². The van der Waals surface area contributed by atoms with Crippen molar-refractivity contribution in [2.24, 2.45) is 0 Å². The van der Waals surface area contributed by atoms with Gasteiger partial charge in [-0.1, -0.05) is 12.1 Å². The Morgan fingerprint density at radius 2 is 1.65 bits per heavy atom. The highest BCUT2D eigenvalue weighted by molar-refractivity contribution is 5.98. The monoisotopic (exact) mass is 356 g/mol. The highest BCUT2D eigenvalue weighted by atomic mass is 16.6. The van der Waals surface area contributed by atoms with Gasteiger partial charge in [-0.3, -0.25) is 4.79 Å². The minimum absolute atomic E-state index is 0.0358. The topological polar surface area (TPSA) is 80.3 Å². The van der Waals surface area contributed by atoms with Crippen LogP contribution >= 0.6 is 0 Å². The van der Waals surface area contributed by atoms with Gasteiger partial charge in [-0.15, -0.1) is 0 Å². The van der Waals surface area contributed by atoms with Crippen LogP contribution in [0.25, 0.3) is 0 Å². The molecule has 2 aromatic rings. The smallest absolute Gasteiger partial charge is 0.351 e. The number of esters is 1. The number of benzene rings is 2. The molecule has 0 aromatic heterocycles. The highest BCUT2D eigenvalue weighted by Gasteiger charge is 2.29. The van der Waals surface area contributed by atoms with E-state index in [0.29, 0.717) is 41.8 Å². The van der Waals surface area contributed by atoms with Crippen molar-refractivity contribution in [3.05, 3.63) is 48.0 Å². The van der Waals surface area contributed by atoms with Crippen LogP contribution in [0.5, 0.6) is 23.0 Å². The third-order valence-electron chi connectivity index (χ3n) is 3.98. The number of Topliss-reactive ketones (excluding diaryl/α,β-unsaturated/α-hetero) is 1. The van der Waals surface area contributed by atoms with Crippen LogP contribution in [0.2, 0.25) is 0 Å². The quantitative estimate of drug-likeness (QED) is 0.612. The second kappa shape index (κ2) is 6.95. The van der Waals surface area contributed by atoms with Crippen LogP contribution in [0.4, 0.5) is 0 Å². The third kappa shape index (κ3) is 3.28. The Kier molecular flexibility index (Phi) is 4.35. The molecular weight excluding hydrogens is 340 g/mol. The molecule has 0 radical (unpaired) electrons. The van der Waals surface area contributed by atoms with E-state index in [0.717, 1.165) is 0 Å². The van der Waals surface area contributed by atoms with E-state index in [4.69, 9.17) is 23.7 Å². The molecule has 2 aliphatic rings. The lowest BCUT2D eigenvalue weighted by molar-refractivity contribution is -0.153. The van der Waals surface area contributed by atoms with E-state index in [2.05, 4.69) is 0 Å². The number of ketones is 1. The molecule has 0 unspecified atom stereocenters. The van der Waals surface area contributed by atoms with Crippen LogP contribution in [-0.2, 0) is 9.53 Å².